The van der Waals surface area contributed by atoms with Crippen LogP contribution in [0.1, 0.15) is 5.56 Å². The second-order valence-corrected chi connectivity index (χ2v) is 6.21. The molecule has 130 valence electrons. The number of morpholine rings is 2. The molecule has 2 fully saturated rings. The Balaban J connectivity index is 1.86. The molecule has 0 amide bonds. The number of thiocarbonyl (C=S) groups is 1. The van der Waals surface area contributed by atoms with Gasteiger partial charge in [0.05, 0.1) is 33.5 Å². The van der Waals surface area contributed by atoms with E-state index in [1.807, 2.05) is 12.1 Å². The van der Waals surface area contributed by atoms with Crippen LogP contribution in [0.15, 0.2) is 30.5 Å². The highest BCUT2D eigenvalue weighted by atomic mass is 32.1. The fraction of sp³-hybridized carbons (Fsp3) is 0.500. The van der Waals surface area contributed by atoms with Gasteiger partial charge in [0, 0.05) is 38.0 Å². The smallest absolute Gasteiger partial charge is 0.118 e. The van der Waals surface area contributed by atoms with Gasteiger partial charge in [-0.15, -0.1) is 0 Å². The van der Waals surface area contributed by atoms with E-state index in [1.165, 1.54) is 0 Å². The molecule has 2 heterocycles. The van der Waals surface area contributed by atoms with Crippen LogP contribution in [0.5, 0.6) is 5.75 Å². The average molecular weight is 348 g/mol. The quantitative estimate of drug-likeness (QED) is 0.612. The van der Waals surface area contributed by atoms with Gasteiger partial charge in [-0.2, -0.15) is 0 Å². The van der Waals surface area contributed by atoms with Gasteiger partial charge >= 0.3 is 0 Å². The zero-order valence-corrected chi connectivity index (χ0v) is 14.9. The van der Waals surface area contributed by atoms with Crippen LogP contribution in [0.4, 0.5) is 0 Å². The molecular formula is C18H24N2O3S. The zero-order chi connectivity index (χ0) is 16.8. The summed E-state index contributed by atoms with van der Waals surface area (Å²) in [5.74, 6) is 0.849. The maximum Gasteiger partial charge on any atom is 0.118 e. The van der Waals surface area contributed by atoms with E-state index < -0.39 is 0 Å². The van der Waals surface area contributed by atoms with Gasteiger partial charge in [-0.1, -0.05) is 24.4 Å². The van der Waals surface area contributed by atoms with Crippen molar-refractivity contribution in [2.24, 2.45) is 0 Å². The first-order chi connectivity index (χ1) is 11.8. The summed E-state index contributed by atoms with van der Waals surface area (Å²) >= 11 is 5.82. The minimum atomic E-state index is 0.730. The highest BCUT2D eigenvalue weighted by Crippen LogP contribution is 2.23. The van der Waals surface area contributed by atoms with E-state index >= 15 is 0 Å². The van der Waals surface area contributed by atoms with E-state index in [1.54, 1.807) is 7.11 Å². The Morgan fingerprint density at radius 3 is 2.17 bits per heavy atom. The molecule has 0 aliphatic carbocycles. The Morgan fingerprint density at radius 2 is 1.58 bits per heavy atom. The molecule has 0 atom stereocenters. The summed E-state index contributed by atoms with van der Waals surface area (Å²) in [6, 6.07) is 8.09. The fourth-order valence-corrected chi connectivity index (χ4v) is 3.20. The predicted molar refractivity (Wildman–Crippen MR) is 98.4 cm³/mol. The van der Waals surface area contributed by atoms with Gasteiger partial charge in [-0.25, -0.2) is 0 Å². The van der Waals surface area contributed by atoms with Crippen molar-refractivity contribution < 1.29 is 14.2 Å². The lowest BCUT2D eigenvalue weighted by Crippen LogP contribution is -2.41. The summed E-state index contributed by atoms with van der Waals surface area (Å²) in [5, 5.41) is 0. The van der Waals surface area contributed by atoms with Crippen LogP contribution in [0.25, 0.3) is 5.57 Å². The van der Waals surface area contributed by atoms with Crippen LogP contribution in [0, 0.1) is 0 Å². The van der Waals surface area contributed by atoms with Crippen molar-refractivity contribution in [1.29, 1.82) is 0 Å². The number of rotatable bonds is 4. The molecule has 0 saturated carbocycles. The number of nitrogens with zero attached hydrogens (tertiary/aromatic N) is 2. The molecule has 0 radical (unpaired) electrons. The van der Waals surface area contributed by atoms with E-state index in [0.717, 1.165) is 74.5 Å². The Morgan fingerprint density at radius 1 is 1.00 bits per heavy atom. The van der Waals surface area contributed by atoms with Gasteiger partial charge in [-0.05, 0) is 17.7 Å². The lowest BCUT2D eigenvalue weighted by atomic mass is 10.1. The molecule has 1 aromatic carbocycles. The number of hydrogen-bond acceptors (Lipinski definition) is 5. The summed E-state index contributed by atoms with van der Waals surface area (Å²) in [6.07, 6.45) is 2.18. The van der Waals surface area contributed by atoms with Gasteiger partial charge in [0.15, 0.2) is 0 Å². The molecular weight excluding hydrogens is 324 g/mol. The summed E-state index contributed by atoms with van der Waals surface area (Å²) in [4.78, 5) is 5.40. The molecule has 6 heteroatoms. The largest absolute Gasteiger partial charge is 0.497 e. The molecule has 24 heavy (non-hydrogen) atoms. The standard InChI is InChI=1S/C18H24N2O3S/c1-21-16-4-2-15(3-5-16)17(14-19-6-10-22-11-7-19)18(24)20-8-12-23-13-9-20/h2-5,14H,6-13H2,1H3. The van der Waals surface area contributed by atoms with Crippen LogP contribution in [0.3, 0.4) is 0 Å². The van der Waals surface area contributed by atoms with Crippen molar-refractivity contribution >= 4 is 22.8 Å². The molecule has 0 N–H and O–H groups in total. The van der Waals surface area contributed by atoms with Gasteiger partial charge < -0.3 is 24.0 Å². The Kier molecular flexibility index (Phi) is 6.07. The summed E-state index contributed by atoms with van der Waals surface area (Å²) in [7, 11) is 1.68. The maximum atomic E-state index is 5.82. The monoisotopic (exact) mass is 348 g/mol. The summed E-state index contributed by atoms with van der Waals surface area (Å²) < 4.78 is 16.2. The minimum Gasteiger partial charge on any atom is -0.497 e. The van der Waals surface area contributed by atoms with E-state index in [4.69, 9.17) is 26.4 Å². The van der Waals surface area contributed by atoms with Crippen LogP contribution in [-0.2, 0) is 9.47 Å². The normalized spacial score (nSPS) is 19.3. The van der Waals surface area contributed by atoms with E-state index in [9.17, 15) is 0 Å². The van der Waals surface area contributed by atoms with Crippen molar-refractivity contribution in [2.45, 2.75) is 0 Å². The molecule has 3 rings (SSSR count). The van der Waals surface area contributed by atoms with Crippen LogP contribution in [-0.4, -0.2) is 74.5 Å². The molecule has 2 saturated heterocycles. The molecule has 0 aromatic heterocycles. The molecule has 2 aliphatic rings. The van der Waals surface area contributed by atoms with Crippen molar-refractivity contribution in [3.8, 4) is 5.75 Å². The zero-order valence-electron chi connectivity index (χ0n) is 14.1. The molecule has 1 aromatic rings. The van der Waals surface area contributed by atoms with Crippen LogP contribution < -0.4 is 4.74 Å². The highest BCUT2D eigenvalue weighted by molar-refractivity contribution is 7.81. The van der Waals surface area contributed by atoms with E-state index in [-0.39, 0.29) is 0 Å². The Labute approximate surface area is 148 Å². The third kappa shape index (κ3) is 4.26. The summed E-state index contributed by atoms with van der Waals surface area (Å²) in [5.41, 5.74) is 2.19. The molecule has 5 nitrogen and oxygen atoms in total. The first-order valence-electron chi connectivity index (χ1n) is 8.33. The number of ether oxygens (including phenoxy) is 3. The number of hydrogen-bond donors (Lipinski definition) is 0. The van der Waals surface area contributed by atoms with Crippen molar-refractivity contribution in [3.05, 3.63) is 36.0 Å². The number of benzene rings is 1. The lowest BCUT2D eigenvalue weighted by molar-refractivity contribution is 0.0595. The second kappa shape index (κ2) is 8.46. The van der Waals surface area contributed by atoms with Crippen LogP contribution in [0.2, 0.25) is 0 Å². The molecule has 2 aliphatic heterocycles. The van der Waals surface area contributed by atoms with Gasteiger partial charge in [0.1, 0.15) is 10.7 Å². The first kappa shape index (κ1) is 17.2. The molecule has 0 unspecified atom stereocenters. The average Bonchev–Trinajstić information content (AvgIpc) is 2.67. The molecule has 0 spiro atoms. The van der Waals surface area contributed by atoms with E-state index in [0.29, 0.717) is 0 Å². The Bertz CT molecular complexity index is 576. The van der Waals surface area contributed by atoms with Crippen molar-refractivity contribution in [3.63, 3.8) is 0 Å². The Hall–Kier alpha value is -1.63. The number of methoxy groups -OCH3 is 1. The third-order valence-electron chi connectivity index (χ3n) is 4.29. The van der Waals surface area contributed by atoms with Gasteiger partial charge in [-0.3, -0.25) is 0 Å². The molecule has 0 bridgehead atoms. The summed E-state index contributed by atoms with van der Waals surface area (Å²) in [6.45, 7) is 6.45. The van der Waals surface area contributed by atoms with E-state index in [2.05, 4.69) is 28.1 Å². The SMILES string of the molecule is COc1ccc(C(=CN2CCOCC2)C(=S)N2CCOCC2)cc1. The lowest BCUT2D eigenvalue weighted by Gasteiger charge is -2.32. The second-order valence-electron chi connectivity index (χ2n) is 5.82. The minimum absolute atomic E-state index is 0.730. The fourth-order valence-electron chi connectivity index (χ4n) is 2.85. The topological polar surface area (TPSA) is 34.2 Å². The van der Waals surface area contributed by atoms with Crippen molar-refractivity contribution in [2.75, 3.05) is 59.7 Å². The third-order valence-corrected chi connectivity index (χ3v) is 4.77. The predicted octanol–water partition coefficient (Wildman–Crippen LogP) is 2.03. The van der Waals surface area contributed by atoms with Crippen LogP contribution >= 0.6 is 12.2 Å². The van der Waals surface area contributed by atoms with Crippen molar-refractivity contribution in [1.82, 2.24) is 9.80 Å². The van der Waals surface area contributed by atoms with Gasteiger partial charge in [0.2, 0.25) is 0 Å². The highest BCUT2D eigenvalue weighted by Gasteiger charge is 2.20. The van der Waals surface area contributed by atoms with Gasteiger partial charge in [0.25, 0.3) is 0 Å². The first-order valence-corrected chi connectivity index (χ1v) is 8.74. The maximum absolute atomic E-state index is 5.82.